The number of ether oxygens (including phenoxy) is 1. The molecule has 0 amide bonds. The lowest BCUT2D eigenvalue weighted by atomic mass is 10.1. The average Bonchev–Trinajstić information content (AvgIpc) is 3.11. The van der Waals surface area contributed by atoms with E-state index < -0.39 is 0 Å². The van der Waals surface area contributed by atoms with Crippen LogP contribution in [0.5, 0.6) is 0 Å². The number of aromatic nitrogens is 1. The zero-order chi connectivity index (χ0) is 11.7. The highest BCUT2D eigenvalue weighted by Crippen LogP contribution is 2.39. The Labute approximate surface area is 101 Å². The molecule has 3 rings (SSSR count). The Balaban J connectivity index is 1.75. The molecular weight excluding hydrogens is 214 g/mol. The van der Waals surface area contributed by atoms with Crippen LogP contribution in [0.15, 0.2) is 18.5 Å². The first-order chi connectivity index (χ1) is 8.38. The van der Waals surface area contributed by atoms with Gasteiger partial charge in [-0.3, -0.25) is 4.98 Å². The summed E-state index contributed by atoms with van der Waals surface area (Å²) in [5, 5.41) is 12.5. The fraction of sp³-hybridized carbons (Fsp3) is 0.538. The zero-order valence-electron chi connectivity index (χ0n) is 9.60. The number of rotatable bonds is 3. The first-order valence-corrected chi connectivity index (χ1v) is 6.11. The molecule has 1 N–H and O–H groups in total. The van der Waals surface area contributed by atoms with E-state index >= 15 is 0 Å². The minimum Gasteiger partial charge on any atom is -0.377 e. The molecule has 1 saturated carbocycles. The SMILES string of the molecule is N#Cc1ccncc1NC1CCOC1C1CC1. The molecule has 2 atom stereocenters. The Hall–Kier alpha value is -1.60. The molecule has 17 heavy (non-hydrogen) atoms. The maximum atomic E-state index is 9.03. The number of hydrogen-bond acceptors (Lipinski definition) is 4. The fourth-order valence-corrected chi connectivity index (χ4v) is 2.46. The third kappa shape index (κ3) is 2.11. The van der Waals surface area contributed by atoms with E-state index in [0.29, 0.717) is 17.7 Å². The van der Waals surface area contributed by atoms with Crippen LogP contribution in [0.25, 0.3) is 0 Å². The van der Waals surface area contributed by atoms with Crippen molar-refractivity contribution in [3.63, 3.8) is 0 Å². The maximum Gasteiger partial charge on any atom is 0.101 e. The molecule has 0 spiro atoms. The van der Waals surface area contributed by atoms with E-state index in [2.05, 4.69) is 16.4 Å². The molecule has 2 aliphatic rings. The zero-order valence-corrected chi connectivity index (χ0v) is 9.60. The summed E-state index contributed by atoms with van der Waals surface area (Å²) in [4.78, 5) is 4.07. The topological polar surface area (TPSA) is 57.9 Å². The van der Waals surface area contributed by atoms with Crippen LogP contribution < -0.4 is 5.32 Å². The van der Waals surface area contributed by atoms with Gasteiger partial charge >= 0.3 is 0 Å². The lowest BCUT2D eigenvalue weighted by molar-refractivity contribution is 0.0898. The van der Waals surface area contributed by atoms with Gasteiger partial charge in [-0.15, -0.1) is 0 Å². The van der Waals surface area contributed by atoms with Gasteiger partial charge in [-0.2, -0.15) is 5.26 Å². The Morgan fingerprint density at radius 2 is 2.29 bits per heavy atom. The maximum absolute atomic E-state index is 9.03. The van der Waals surface area contributed by atoms with Crippen molar-refractivity contribution >= 4 is 5.69 Å². The molecule has 88 valence electrons. The molecule has 0 bridgehead atoms. The van der Waals surface area contributed by atoms with Crippen LogP contribution in [0, 0.1) is 17.2 Å². The minimum absolute atomic E-state index is 0.321. The van der Waals surface area contributed by atoms with E-state index in [1.165, 1.54) is 12.8 Å². The number of nitrogens with one attached hydrogen (secondary N) is 1. The molecule has 1 aliphatic carbocycles. The summed E-state index contributed by atoms with van der Waals surface area (Å²) < 4.78 is 5.77. The van der Waals surface area contributed by atoms with Crippen LogP contribution in [-0.2, 0) is 4.74 Å². The van der Waals surface area contributed by atoms with E-state index in [1.54, 1.807) is 18.5 Å². The number of anilines is 1. The van der Waals surface area contributed by atoms with E-state index in [1.807, 2.05) is 0 Å². The highest BCUT2D eigenvalue weighted by Gasteiger charge is 2.40. The lowest BCUT2D eigenvalue weighted by Crippen LogP contribution is -2.31. The first-order valence-electron chi connectivity index (χ1n) is 6.11. The van der Waals surface area contributed by atoms with Crippen molar-refractivity contribution < 1.29 is 4.74 Å². The van der Waals surface area contributed by atoms with Crippen molar-refractivity contribution in [1.82, 2.24) is 4.98 Å². The second-order valence-corrected chi connectivity index (χ2v) is 4.75. The molecule has 1 aliphatic heterocycles. The van der Waals surface area contributed by atoms with Crippen LogP contribution in [0.3, 0.4) is 0 Å². The van der Waals surface area contributed by atoms with E-state index in [0.717, 1.165) is 24.6 Å². The van der Waals surface area contributed by atoms with Gasteiger partial charge < -0.3 is 10.1 Å². The minimum atomic E-state index is 0.321. The van der Waals surface area contributed by atoms with Crippen molar-refractivity contribution in [2.45, 2.75) is 31.4 Å². The van der Waals surface area contributed by atoms with Crippen molar-refractivity contribution in [1.29, 1.82) is 5.26 Å². The number of pyridine rings is 1. The summed E-state index contributed by atoms with van der Waals surface area (Å²) in [7, 11) is 0. The highest BCUT2D eigenvalue weighted by molar-refractivity contribution is 5.56. The molecule has 2 unspecified atom stereocenters. The number of hydrogen-bond donors (Lipinski definition) is 1. The van der Waals surface area contributed by atoms with E-state index in [-0.39, 0.29) is 0 Å². The largest absolute Gasteiger partial charge is 0.377 e. The quantitative estimate of drug-likeness (QED) is 0.860. The molecule has 1 aromatic heterocycles. The Bertz CT molecular complexity index is 450. The van der Waals surface area contributed by atoms with Crippen LogP contribution in [0.2, 0.25) is 0 Å². The van der Waals surface area contributed by atoms with Crippen molar-refractivity contribution in [3.8, 4) is 6.07 Å². The van der Waals surface area contributed by atoms with Gasteiger partial charge in [0.2, 0.25) is 0 Å². The predicted molar refractivity (Wildman–Crippen MR) is 63.4 cm³/mol. The summed E-state index contributed by atoms with van der Waals surface area (Å²) in [6, 6.07) is 4.26. The summed E-state index contributed by atoms with van der Waals surface area (Å²) >= 11 is 0. The van der Waals surface area contributed by atoms with Gasteiger partial charge in [0.1, 0.15) is 6.07 Å². The molecular formula is C13H15N3O. The Kier molecular flexibility index (Phi) is 2.69. The van der Waals surface area contributed by atoms with Gasteiger partial charge in [-0.05, 0) is 31.2 Å². The highest BCUT2D eigenvalue weighted by atomic mass is 16.5. The molecule has 4 heteroatoms. The summed E-state index contributed by atoms with van der Waals surface area (Å²) in [6.07, 6.45) is 7.26. The molecule has 1 aromatic rings. The molecule has 1 saturated heterocycles. The summed E-state index contributed by atoms with van der Waals surface area (Å²) in [6.45, 7) is 0.820. The third-order valence-electron chi connectivity index (χ3n) is 3.50. The molecule has 4 nitrogen and oxygen atoms in total. The average molecular weight is 229 g/mol. The lowest BCUT2D eigenvalue weighted by Gasteiger charge is -2.20. The van der Waals surface area contributed by atoms with Gasteiger partial charge in [-0.1, -0.05) is 0 Å². The normalized spacial score (nSPS) is 27.7. The first kappa shape index (κ1) is 10.5. The second-order valence-electron chi connectivity index (χ2n) is 4.75. The van der Waals surface area contributed by atoms with E-state index in [4.69, 9.17) is 10.00 Å². The van der Waals surface area contributed by atoms with Crippen LogP contribution in [0.1, 0.15) is 24.8 Å². The smallest absolute Gasteiger partial charge is 0.101 e. The molecule has 0 aromatic carbocycles. The van der Waals surface area contributed by atoms with Crippen LogP contribution in [0.4, 0.5) is 5.69 Å². The van der Waals surface area contributed by atoms with Gasteiger partial charge in [-0.25, -0.2) is 0 Å². The van der Waals surface area contributed by atoms with Gasteiger partial charge in [0.25, 0.3) is 0 Å². The molecule has 2 heterocycles. The van der Waals surface area contributed by atoms with Crippen molar-refractivity contribution in [3.05, 3.63) is 24.0 Å². The number of nitriles is 1. The van der Waals surface area contributed by atoms with Gasteiger partial charge in [0.05, 0.1) is 29.6 Å². The second kappa shape index (κ2) is 4.34. The van der Waals surface area contributed by atoms with Crippen molar-refractivity contribution in [2.75, 3.05) is 11.9 Å². The molecule has 0 radical (unpaired) electrons. The predicted octanol–water partition coefficient (Wildman–Crippen LogP) is 1.93. The standard InChI is InChI=1S/C13H15N3O/c14-7-10-3-5-15-8-12(10)16-11-4-6-17-13(11)9-1-2-9/h3,5,8-9,11,13,16H,1-2,4,6H2. The third-order valence-corrected chi connectivity index (χ3v) is 3.50. The van der Waals surface area contributed by atoms with Gasteiger partial charge in [0.15, 0.2) is 0 Å². The molecule has 2 fully saturated rings. The van der Waals surface area contributed by atoms with Crippen LogP contribution >= 0.6 is 0 Å². The van der Waals surface area contributed by atoms with Crippen molar-refractivity contribution in [2.24, 2.45) is 5.92 Å². The summed E-state index contributed by atoms with van der Waals surface area (Å²) in [5.74, 6) is 0.720. The summed E-state index contributed by atoms with van der Waals surface area (Å²) in [5.41, 5.74) is 1.48. The van der Waals surface area contributed by atoms with Crippen LogP contribution in [-0.4, -0.2) is 23.7 Å². The number of nitrogens with zero attached hydrogens (tertiary/aromatic N) is 2. The van der Waals surface area contributed by atoms with Gasteiger partial charge in [0, 0.05) is 12.8 Å². The Morgan fingerprint density at radius 1 is 1.41 bits per heavy atom. The fourth-order valence-electron chi connectivity index (χ4n) is 2.46. The monoisotopic (exact) mass is 229 g/mol. The Morgan fingerprint density at radius 3 is 3.06 bits per heavy atom. The van der Waals surface area contributed by atoms with E-state index in [9.17, 15) is 0 Å².